The standard InChI is InChI=1S/C21H28O6/c1-10-6-12(25-5)17(23)18(2)11(10)7-14-19(3)13(18)8-15-20(4,27-15)21(19,24)9-16(22)26-14/h6,10-11,13-15,24H,7-9H2,1-5H3/t10-,11+,13-,14-,15+,18+,19+,20+,21+/m1/s1. The molecule has 0 unspecified atom stereocenters. The van der Waals surface area contributed by atoms with Crippen LogP contribution in [-0.2, 0) is 23.8 Å². The number of rotatable bonds is 1. The number of methoxy groups -OCH3 is 1. The van der Waals surface area contributed by atoms with E-state index in [1.165, 1.54) is 7.11 Å². The molecule has 2 heterocycles. The Bertz CT molecular complexity index is 790. The Hall–Kier alpha value is -1.40. The number of aliphatic hydroxyl groups is 1. The van der Waals surface area contributed by atoms with Gasteiger partial charge in [-0.05, 0) is 43.6 Å². The van der Waals surface area contributed by atoms with E-state index in [2.05, 4.69) is 6.92 Å². The van der Waals surface area contributed by atoms with Gasteiger partial charge in [0.2, 0.25) is 5.78 Å². The van der Waals surface area contributed by atoms with Crippen LogP contribution >= 0.6 is 0 Å². The zero-order valence-corrected chi connectivity index (χ0v) is 16.6. The first-order valence-corrected chi connectivity index (χ1v) is 9.94. The summed E-state index contributed by atoms with van der Waals surface area (Å²) in [6, 6.07) is 0. The summed E-state index contributed by atoms with van der Waals surface area (Å²) in [6.07, 6.45) is 2.52. The molecule has 9 atom stereocenters. The van der Waals surface area contributed by atoms with E-state index in [0.717, 1.165) is 0 Å². The highest BCUT2D eigenvalue weighted by atomic mass is 16.6. The van der Waals surface area contributed by atoms with Gasteiger partial charge in [0.15, 0.2) is 5.76 Å². The van der Waals surface area contributed by atoms with Gasteiger partial charge in [0.25, 0.3) is 0 Å². The number of ketones is 1. The fraction of sp³-hybridized carbons (Fsp3) is 0.810. The first kappa shape index (κ1) is 17.7. The van der Waals surface area contributed by atoms with Crippen molar-refractivity contribution in [2.45, 2.75) is 70.4 Å². The molecular weight excluding hydrogens is 348 g/mol. The average molecular weight is 376 g/mol. The molecule has 0 bridgehead atoms. The minimum absolute atomic E-state index is 0.00118. The number of ether oxygens (including phenoxy) is 3. The Kier molecular flexibility index (Phi) is 3.12. The number of Topliss-reactive ketones (excluding diaryl/α,β-unsaturated/α-hetero) is 1. The molecule has 0 spiro atoms. The number of epoxide rings is 1. The molecule has 2 saturated carbocycles. The molecule has 5 aliphatic rings. The van der Waals surface area contributed by atoms with Crippen molar-refractivity contribution in [3.8, 4) is 0 Å². The van der Waals surface area contributed by atoms with Crippen LogP contribution in [0.3, 0.4) is 0 Å². The monoisotopic (exact) mass is 376 g/mol. The Morgan fingerprint density at radius 3 is 2.56 bits per heavy atom. The number of carbonyl (C=O) groups is 2. The van der Waals surface area contributed by atoms with E-state index in [0.29, 0.717) is 18.6 Å². The molecule has 1 N–H and O–H groups in total. The first-order chi connectivity index (χ1) is 12.5. The molecule has 27 heavy (non-hydrogen) atoms. The molecule has 148 valence electrons. The third-order valence-corrected chi connectivity index (χ3v) is 9.12. The van der Waals surface area contributed by atoms with Crippen molar-refractivity contribution in [1.82, 2.24) is 0 Å². The van der Waals surface area contributed by atoms with E-state index < -0.39 is 28.1 Å². The maximum atomic E-state index is 13.5. The number of hydrogen-bond acceptors (Lipinski definition) is 6. The van der Waals surface area contributed by atoms with Crippen LogP contribution in [0.2, 0.25) is 0 Å². The number of esters is 1. The smallest absolute Gasteiger partial charge is 0.309 e. The summed E-state index contributed by atoms with van der Waals surface area (Å²) in [5.74, 6) is 0.0365. The van der Waals surface area contributed by atoms with Crippen molar-refractivity contribution in [1.29, 1.82) is 0 Å². The number of fused-ring (bicyclic) bond motifs is 4. The third-order valence-electron chi connectivity index (χ3n) is 9.12. The molecule has 5 rings (SSSR count). The topological polar surface area (TPSA) is 85.4 Å². The maximum Gasteiger partial charge on any atom is 0.309 e. The summed E-state index contributed by atoms with van der Waals surface area (Å²) < 4.78 is 17.2. The Balaban J connectivity index is 1.72. The van der Waals surface area contributed by atoms with Gasteiger partial charge < -0.3 is 19.3 Å². The molecule has 0 radical (unpaired) electrons. The molecule has 0 aromatic rings. The zero-order chi connectivity index (χ0) is 19.6. The maximum absolute atomic E-state index is 13.5. The van der Waals surface area contributed by atoms with E-state index >= 15 is 0 Å². The largest absolute Gasteiger partial charge is 0.493 e. The van der Waals surface area contributed by atoms with Gasteiger partial charge in [-0.15, -0.1) is 0 Å². The summed E-state index contributed by atoms with van der Waals surface area (Å²) in [4.78, 5) is 25.9. The number of hydrogen-bond donors (Lipinski definition) is 1. The summed E-state index contributed by atoms with van der Waals surface area (Å²) in [5.41, 5.74) is -3.50. The van der Waals surface area contributed by atoms with Gasteiger partial charge in [-0.2, -0.15) is 0 Å². The zero-order valence-electron chi connectivity index (χ0n) is 16.6. The average Bonchev–Trinajstić information content (AvgIpc) is 3.28. The van der Waals surface area contributed by atoms with Crippen LogP contribution in [-0.4, -0.2) is 47.4 Å². The Morgan fingerprint density at radius 1 is 1.19 bits per heavy atom. The van der Waals surface area contributed by atoms with Gasteiger partial charge in [-0.3, -0.25) is 9.59 Å². The highest BCUT2D eigenvalue weighted by Gasteiger charge is 2.84. The fourth-order valence-electron chi connectivity index (χ4n) is 7.41. The van der Waals surface area contributed by atoms with Crippen LogP contribution in [0.1, 0.15) is 47.0 Å². The van der Waals surface area contributed by atoms with Crippen molar-refractivity contribution >= 4 is 11.8 Å². The summed E-state index contributed by atoms with van der Waals surface area (Å²) in [6.45, 7) is 8.02. The lowest BCUT2D eigenvalue weighted by atomic mass is 9.38. The van der Waals surface area contributed by atoms with Gasteiger partial charge in [-0.1, -0.05) is 20.8 Å². The predicted octanol–water partition coefficient (Wildman–Crippen LogP) is 1.99. The lowest BCUT2D eigenvalue weighted by molar-refractivity contribution is -0.283. The normalized spacial score (nSPS) is 58.3. The van der Waals surface area contributed by atoms with Gasteiger partial charge in [0, 0.05) is 10.8 Å². The second kappa shape index (κ2) is 4.77. The second-order valence-corrected chi connectivity index (χ2v) is 9.85. The first-order valence-electron chi connectivity index (χ1n) is 9.94. The number of carbonyl (C=O) groups excluding carboxylic acids is 2. The van der Waals surface area contributed by atoms with Crippen molar-refractivity contribution in [3.05, 3.63) is 11.8 Å². The van der Waals surface area contributed by atoms with Crippen LogP contribution in [0.5, 0.6) is 0 Å². The molecule has 3 aliphatic carbocycles. The van der Waals surface area contributed by atoms with Crippen LogP contribution in [0.15, 0.2) is 11.8 Å². The van der Waals surface area contributed by atoms with Crippen molar-refractivity contribution in [2.75, 3.05) is 7.11 Å². The van der Waals surface area contributed by atoms with Crippen molar-refractivity contribution in [3.63, 3.8) is 0 Å². The predicted molar refractivity (Wildman–Crippen MR) is 94.4 cm³/mol. The summed E-state index contributed by atoms with van der Waals surface area (Å²) in [5, 5.41) is 11.9. The van der Waals surface area contributed by atoms with E-state index in [1.54, 1.807) is 0 Å². The molecular formula is C21H28O6. The molecule has 6 heteroatoms. The SMILES string of the molecule is COC1=C[C@@H](C)[C@@H]2C[C@H]3OC(=O)C[C@]4(O)[C@@]3(C)[C@H](C[C@@H]3O[C@@]34C)[C@@]2(C)C1=O. The lowest BCUT2D eigenvalue weighted by Gasteiger charge is -2.67. The molecule has 0 amide bonds. The quantitative estimate of drug-likeness (QED) is 0.556. The molecule has 4 fully saturated rings. The summed E-state index contributed by atoms with van der Waals surface area (Å²) in [7, 11) is 1.54. The van der Waals surface area contributed by atoms with E-state index in [1.807, 2.05) is 26.8 Å². The van der Waals surface area contributed by atoms with Gasteiger partial charge >= 0.3 is 5.97 Å². The Labute approximate surface area is 159 Å². The molecule has 2 aliphatic heterocycles. The van der Waals surface area contributed by atoms with Gasteiger partial charge in [0.05, 0.1) is 19.6 Å². The van der Waals surface area contributed by atoms with Crippen LogP contribution < -0.4 is 0 Å². The van der Waals surface area contributed by atoms with Crippen LogP contribution in [0.4, 0.5) is 0 Å². The van der Waals surface area contributed by atoms with E-state index in [9.17, 15) is 14.7 Å². The molecule has 0 aromatic carbocycles. The van der Waals surface area contributed by atoms with Crippen LogP contribution in [0.25, 0.3) is 0 Å². The van der Waals surface area contributed by atoms with Gasteiger partial charge in [-0.25, -0.2) is 0 Å². The van der Waals surface area contributed by atoms with Crippen LogP contribution in [0, 0.1) is 28.6 Å². The Morgan fingerprint density at radius 2 is 1.89 bits per heavy atom. The van der Waals surface area contributed by atoms with E-state index in [4.69, 9.17) is 14.2 Å². The highest BCUT2D eigenvalue weighted by molar-refractivity contribution is 5.99. The molecule has 2 saturated heterocycles. The third kappa shape index (κ3) is 1.68. The highest BCUT2D eigenvalue weighted by Crippen LogP contribution is 2.74. The van der Waals surface area contributed by atoms with E-state index in [-0.39, 0.29) is 42.0 Å². The minimum atomic E-state index is -1.33. The molecule has 6 nitrogen and oxygen atoms in total. The second-order valence-electron chi connectivity index (χ2n) is 9.85. The lowest BCUT2D eigenvalue weighted by Crippen LogP contribution is -2.76. The van der Waals surface area contributed by atoms with Gasteiger partial charge in [0.1, 0.15) is 17.3 Å². The minimum Gasteiger partial charge on any atom is -0.493 e. The number of allylic oxidation sites excluding steroid dienone is 2. The summed E-state index contributed by atoms with van der Waals surface area (Å²) >= 11 is 0. The van der Waals surface area contributed by atoms with Crippen molar-refractivity contribution in [2.24, 2.45) is 28.6 Å². The fourth-order valence-corrected chi connectivity index (χ4v) is 7.41. The molecule has 0 aromatic heterocycles. The van der Waals surface area contributed by atoms with Crippen molar-refractivity contribution < 1.29 is 28.9 Å².